The van der Waals surface area contributed by atoms with Gasteiger partial charge in [0.1, 0.15) is 4.99 Å². The van der Waals surface area contributed by atoms with Crippen molar-refractivity contribution in [1.29, 1.82) is 0 Å². The third kappa shape index (κ3) is 1.67. The molecule has 2 aromatic rings. The van der Waals surface area contributed by atoms with Crippen molar-refractivity contribution in [1.82, 2.24) is 5.01 Å². The van der Waals surface area contributed by atoms with Crippen molar-refractivity contribution >= 4 is 34.7 Å². The molecular weight excluding hydrogens is 264 g/mol. The van der Waals surface area contributed by atoms with Crippen LogP contribution in [0.25, 0.3) is 11.8 Å². The maximum Gasteiger partial charge on any atom is 0.105 e. The van der Waals surface area contributed by atoms with E-state index in [0.717, 1.165) is 18.0 Å². The van der Waals surface area contributed by atoms with Gasteiger partial charge in [-0.2, -0.15) is 0 Å². The molecule has 0 bridgehead atoms. The summed E-state index contributed by atoms with van der Waals surface area (Å²) in [5.74, 6) is 0. The molecule has 2 nitrogen and oxygen atoms in total. The van der Waals surface area contributed by atoms with E-state index in [4.69, 9.17) is 12.2 Å². The molecule has 0 unspecified atom stereocenters. The van der Waals surface area contributed by atoms with Crippen molar-refractivity contribution in [2.45, 2.75) is 6.42 Å². The van der Waals surface area contributed by atoms with Gasteiger partial charge in [-0.25, -0.2) is 5.01 Å². The second-order valence-electron chi connectivity index (χ2n) is 5.03. The molecule has 1 saturated heterocycles. The molecule has 0 radical (unpaired) electrons. The highest BCUT2D eigenvalue weighted by Gasteiger charge is 2.33. The van der Waals surface area contributed by atoms with Crippen molar-refractivity contribution in [3.63, 3.8) is 0 Å². The molecule has 20 heavy (non-hydrogen) atoms. The first-order valence-electron chi connectivity index (χ1n) is 6.81. The number of fused-ring (bicyclic) bond motifs is 3. The van der Waals surface area contributed by atoms with Gasteiger partial charge in [0.05, 0.1) is 11.4 Å². The zero-order chi connectivity index (χ0) is 13.5. The van der Waals surface area contributed by atoms with E-state index >= 15 is 0 Å². The van der Waals surface area contributed by atoms with Crippen LogP contribution in [0.4, 0.5) is 5.69 Å². The standard InChI is InChI=1S/C17H14N2S/c20-17-10-11-18-15-9-5-4-8-14(15)12-16(19(17)18)13-6-2-1-3-7-13/h1-9,12H,10-11H2. The van der Waals surface area contributed by atoms with Gasteiger partial charge in [-0.1, -0.05) is 60.7 Å². The third-order valence-electron chi connectivity index (χ3n) is 3.82. The van der Waals surface area contributed by atoms with Gasteiger partial charge in [0, 0.05) is 24.1 Å². The number of anilines is 1. The smallest absolute Gasteiger partial charge is 0.105 e. The molecule has 0 N–H and O–H groups in total. The Balaban J connectivity index is 1.93. The zero-order valence-electron chi connectivity index (χ0n) is 11.0. The highest BCUT2D eigenvalue weighted by molar-refractivity contribution is 7.80. The van der Waals surface area contributed by atoms with Gasteiger partial charge in [-0.05, 0) is 12.1 Å². The van der Waals surface area contributed by atoms with Crippen molar-refractivity contribution in [3.8, 4) is 0 Å². The van der Waals surface area contributed by atoms with E-state index in [0.29, 0.717) is 0 Å². The fraction of sp³-hybridized carbons (Fsp3) is 0.118. The second kappa shape index (κ2) is 4.46. The van der Waals surface area contributed by atoms with Gasteiger partial charge in [0.2, 0.25) is 0 Å². The highest BCUT2D eigenvalue weighted by Crippen LogP contribution is 2.39. The predicted octanol–water partition coefficient (Wildman–Crippen LogP) is 3.95. The molecule has 2 aliphatic heterocycles. The number of benzene rings is 2. The molecule has 2 aliphatic rings. The first-order chi connectivity index (χ1) is 9.84. The maximum atomic E-state index is 5.57. The summed E-state index contributed by atoms with van der Waals surface area (Å²) in [7, 11) is 0. The molecule has 1 fully saturated rings. The largest absolute Gasteiger partial charge is 0.279 e. The zero-order valence-corrected chi connectivity index (χ0v) is 11.8. The maximum absolute atomic E-state index is 5.57. The van der Waals surface area contributed by atoms with Crippen LogP contribution in [-0.2, 0) is 0 Å². The molecule has 0 spiro atoms. The molecule has 0 aliphatic carbocycles. The van der Waals surface area contributed by atoms with Crippen LogP contribution < -0.4 is 5.01 Å². The fourth-order valence-electron chi connectivity index (χ4n) is 2.90. The van der Waals surface area contributed by atoms with E-state index in [-0.39, 0.29) is 0 Å². The van der Waals surface area contributed by atoms with Crippen LogP contribution in [0.2, 0.25) is 0 Å². The summed E-state index contributed by atoms with van der Waals surface area (Å²) in [6.07, 6.45) is 3.17. The van der Waals surface area contributed by atoms with Gasteiger partial charge in [-0.3, -0.25) is 5.01 Å². The summed E-state index contributed by atoms with van der Waals surface area (Å²) < 4.78 is 0. The van der Waals surface area contributed by atoms with E-state index in [1.165, 1.54) is 22.5 Å². The molecule has 0 atom stereocenters. The van der Waals surface area contributed by atoms with Crippen LogP contribution in [0.15, 0.2) is 54.6 Å². The molecule has 0 saturated carbocycles. The van der Waals surface area contributed by atoms with E-state index in [1.807, 2.05) is 6.07 Å². The van der Waals surface area contributed by atoms with Crippen molar-refractivity contribution in [2.24, 2.45) is 0 Å². The number of hydrogen-bond acceptors (Lipinski definition) is 2. The summed E-state index contributed by atoms with van der Waals surface area (Å²) >= 11 is 5.57. The van der Waals surface area contributed by atoms with Crippen LogP contribution in [0.5, 0.6) is 0 Å². The minimum Gasteiger partial charge on any atom is -0.279 e. The van der Waals surface area contributed by atoms with E-state index in [1.54, 1.807) is 0 Å². The number of nitrogens with zero attached hydrogens (tertiary/aromatic N) is 2. The van der Waals surface area contributed by atoms with Gasteiger partial charge >= 0.3 is 0 Å². The minimum absolute atomic E-state index is 0.938. The van der Waals surface area contributed by atoms with Crippen molar-refractivity contribution < 1.29 is 0 Å². The molecule has 0 amide bonds. The lowest BCUT2D eigenvalue weighted by molar-refractivity contribution is 0.581. The average Bonchev–Trinajstić information content (AvgIpc) is 2.90. The quantitative estimate of drug-likeness (QED) is 0.729. The number of rotatable bonds is 1. The third-order valence-corrected chi connectivity index (χ3v) is 4.20. The Morgan fingerprint density at radius 1 is 0.900 bits per heavy atom. The lowest BCUT2D eigenvalue weighted by Crippen LogP contribution is -2.39. The first kappa shape index (κ1) is 11.7. The SMILES string of the molecule is S=C1CCN2c3ccccc3C=C(c3ccccc3)N12. The van der Waals surface area contributed by atoms with Crippen LogP contribution in [-0.4, -0.2) is 16.5 Å². The van der Waals surface area contributed by atoms with Crippen LogP contribution >= 0.6 is 12.2 Å². The monoisotopic (exact) mass is 278 g/mol. The topological polar surface area (TPSA) is 6.48 Å². The first-order valence-corrected chi connectivity index (χ1v) is 7.22. The van der Waals surface area contributed by atoms with Gasteiger partial charge < -0.3 is 0 Å². The summed E-state index contributed by atoms with van der Waals surface area (Å²) in [5.41, 5.74) is 4.88. The second-order valence-corrected chi connectivity index (χ2v) is 5.50. The Morgan fingerprint density at radius 3 is 2.50 bits per heavy atom. The molecule has 4 rings (SSSR count). The van der Waals surface area contributed by atoms with E-state index < -0.39 is 0 Å². The Hall–Kier alpha value is -2.13. The summed E-state index contributed by atoms with van der Waals surface area (Å²) in [5, 5.41) is 4.48. The molecule has 2 aromatic carbocycles. The molecule has 0 aromatic heterocycles. The van der Waals surface area contributed by atoms with Gasteiger partial charge in [0.25, 0.3) is 0 Å². The number of hydrazine groups is 1. The Morgan fingerprint density at radius 2 is 1.65 bits per heavy atom. The number of thiocarbonyl (C=S) groups is 1. The van der Waals surface area contributed by atoms with E-state index in [9.17, 15) is 0 Å². The lowest BCUT2D eigenvalue weighted by Gasteiger charge is -2.37. The predicted molar refractivity (Wildman–Crippen MR) is 87.2 cm³/mol. The van der Waals surface area contributed by atoms with E-state index in [2.05, 4.69) is 64.6 Å². The van der Waals surface area contributed by atoms with Crippen LogP contribution in [0.3, 0.4) is 0 Å². The molecular formula is C17H14N2S. The fourth-order valence-corrected chi connectivity index (χ4v) is 3.19. The summed E-state index contributed by atoms with van der Waals surface area (Å²) in [6, 6.07) is 19.0. The highest BCUT2D eigenvalue weighted by atomic mass is 32.1. The average molecular weight is 278 g/mol. The van der Waals surface area contributed by atoms with Crippen LogP contribution in [0, 0.1) is 0 Å². The molecule has 3 heteroatoms. The Bertz CT molecular complexity index is 706. The molecule has 98 valence electrons. The molecule has 2 heterocycles. The van der Waals surface area contributed by atoms with Gasteiger partial charge in [-0.15, -0.1) is 0 Å². The lowest BCUT2D eigenvalue weighted by atomic mass is 10.0. The minimum atomic E-state index is 0.938. The normalized spacial score (nSPS) is 16.8. The number of para-hydroxylation sites is 1. The number of hydrogen-bond donors (Lipinski definition) is 0. The van der Waals surface area contributed by atoms with Crippen molar-refractivity contribution in [2.75, 3.05) is 11.6 Å². The summed E-state index contributed by atoms with van der Waals surface area (Å²) in [4.78, 5) is 0.995. The Kier molecular flexibility index (Phi) is 2.60. The Labute approximate surface area is 123 Å². The summed E-state index contributed by atoms with van der Waals surface area (Å²) in [6.45, 7) is 0.958. The van der Waals surface area contributed by atoms with Crippen molar-refractivity contribution in [3.05, 3.63) is 65.7 Å². The van der Waals surface area contributed by atoms with Gasteiger partial charge in [0.15, 0.2) is 0 Å². The van der Waals surface area contributed by atoms with Crippen LogP contribution in [0.1, 0.15) is 17.5 Å².